The molecule has 1 amide bonds. The quantitative estimate of drug-likeness (QED) is 0.828. The molecule has 0 atom stereocenters. The van der Waals surface area contributed by atoms with Crippen LogP contribution in [0, 0.1) is 0 Å². The first-order valence-electron chi connectivity index (χ1n) is 7.24. The number of nitrogens with zero attached hydrogens (tertiary/aromatic N) is 1. The van der Waals surface area contributed by atoms with Crippen molar-refractivity contribution in [2.45, 2.75) is 17.1 Å². The fourth-order valence-corrected chi connectivity index (χ4v) is 3.02. The second-order valence-corrected chi connectivity index (χ2v) is 7.18. The number of amides is 1. The van der Waals surface area contributed by atoms with Crippen molar-refractivity contribution in [3.8, 4) is 0 Å². The van der Waals surface area contributed by atoms with Gasteiger partial charge >= 0.3 is 5.76 Å². The van der Waals surface area contributed by atoms with Crippen molar-refractivity contribution in [2.24, 2.45) is 0 Å². The van der Waals surface area contributed by atoms with Crippen molar-refractivity contribution in [2.75, 3.05) is 38.0 Å². The molecular formula is C14H19F2N3O3S. The van der Waals surface area contributed by atoms with Gasteiger partial charge in [0.05, 0.1) is 11.4 Å². The van der Waals surface area contributed by atoms with Gasteiger partial charge in [-0.3, -0.25) is 9.69 Å². The number of sulfone groups is 1. The minimum atomic E-state index is -4.61. The Morgan fingerprint density at radius 1 is 1.22 bits per heavy atom. The lowest BCUT2D eigenvalue weighted by molar-refractivity contribution is -0.117. The minimum absolute atomic E-state index is 0.226. The second kappa shape index (κ2) is 7.80. The second-order valence-electron chi connectivity index (χ2n) is 5.26. The molecule has 2 rings (SSSR count). The number of benzene rings is 1. The summed E-state index contributed by atoms with van der Waals surface area (Å²) in [6.45, 7) is 3.59. The monoisotopic (exact) mass is 347 g/mol. The van der Waals surface area contributed by atoms with Gasteiger partial charge in [-0.25, -0.2) is 8.42 Å². The molecule has 1 saturated heterocycles. The van der Waals surface area contributed by atoms with E-state index >= 15 is 0 Å². The molecule has 0 saturated carbocycles. The Morgan fingerprint density at radius 3 is 2.57 bits per heavy atom. The first kappa shape index (κ1) is 17.8. The Morgan fingerprint density at radius 2 is 1.91 bits per heavy atom. The fraction of sp³-hybridized carbons (Fsp3) is 0.500. The van der Waals surface area contributed by atoms with Crippen LogP contribution < -0.4 is 10.6 Å². The summed E-state index contributed by atoms with van der Waals surface area (Å²) < 4.78 is 47.5. The molecule has 9 heteroatoms. The van der Waals surface area contributed by atoms with E-state index in [1.807, 2.05) is 4.90 Å². The van der Waals surface area contributed by atoms with Crippen molar-refractivity contribution in [1.82, 2.24) is 10.2 Å². The van der Waals surface area contributed by atoms with Crippen LogP contribution in [0.5, 0.6) is 0 Å². The molecule has 1 heterocycles. The number of carbonyl (C=O) groups is 1. The molecule has 0 spiro atoms. The van der Waals surface area contributed by atoms with Gasteiger partial charge in [-0.05, 0) is 43.8 Å². The molecule has 0 radical (unpaired) electrons. The van der Waals surface area contributed by atoms with Crippen LogP contribution in [0.2, 0.25) is 0 Å². The maximum absolute atomic E-state index is 12.4. The molecule has 128 valence electrons. The summed E-state index contributed by atoms with van der Waals surface area (Å²) in [6.07, 6.45) is 0.966. The zero-order chi connectivity index (χ0) is 16.9. The summed E-state index contributed by atoms with van der Waals surface area (Å²) in [7, 11) is -4.61. The number of hydrogen-bond donors (Lipinski definition) is 2. The van der Waals surface area contributed by atoms with Crippen LogP contribution in [-0.4, -0.2) is 57.7 Å². The highest BCUT2D eigenvalue weighted by atomic mass is 32.2. The molecule has 0 unspecified atom stereocenters. The Hall–Kier alpha value is -1.58. The maximum Gasteiger partial charge on any atom is 0.341 e. The third-order valence-corrected chi connectivity index (χ3v) is 4.90. The highest BCUT2D eigenvalue weighted by molar-refractivity contribution is 7.91. The number of nitrogens with one attached hydrogen (secondary N) is 2. The molecule has 6 nitrogen and oxygen atoms in total. The van der Waals surface area contributed by atoms with Crippen LogP contribution in [0.4, 0.5) is 14.5 Å². The lowest BCUT2D eigenvalue weighted by atomic mass is 10.3. The van der Waals surface area contributed by atoms with E-state index in [1.165, 1.54) is 12.1 Å². The summed E-state index contributed by atoms with van der Waals surface area (Å²) in [4.78, 5) is 13.5. The van der Waals surface area contributed by atoms with Gasteiger partial charge in [-0.1, -0.05) is 0 Å². The predicted molar refractivity (Wildman–Crippen MR) is 82.2 cm³/mol. The van der Waals surface area contributed by atoms with E-state index in [2.05, 4.69) is 10.6 Å². The summed E-state index contributed by atoms with van der Waals surface area (Å²) in [5.41, 5.74) is 0.371. The number of alkyl halides is 2. The highest BCUT2D eigenvalue weighted by Crippen LogP contribution is 2.20. The molecule has 1 aliphatic rings. The van der Waals surface area contributed by atoms with Crippen molar-refractivity contribution in [3.63, 3.8) is 0 Å². The minimum Gasteiger partial charge on any atom is -0.325 e. The van der Waals surface area contributed by atoms with Gasteiger partial charge in [0, 0.05) is 18.8 Å². The Labute approximate surface area is 133 Å². The Bertz CT molecular complexity index is 627. The molecule has 1 aliphatic heterocycles. The number of anilines is 1. The van der Waals surface area contributed by atoms with E-state index in [0.29, 0.717) is 5.69 Å². The molecule has 2 N–H and O–H groups in total. The molecular weight excluding hydrogens is 328 g/mol. The molecule has 0 bridgehead atoms. The summed E-state index contributed by atoms with van der Waals surface area (Å²) in [6, 6.07) is 4.73. The standard InChI is InChI=1S/C14H19F2N3O3S/c15-14(16)23(21,22)12-4-2-11(3-5-12)18-13(20)10-19-8-1-6-17-7-9-19/h2-5,14,17H,1,6-10H2,(H,18,20). The molecule has 1 aromatic rings. The lowest BCUT2D eigenvalue weighted by Gasteiger charge is -2.18. The van der Waals surface area contributed by atoms with Crippen LogP contribution in [0.15, 0.2) is 29.2 Å². The molecule has 0 aromatic heterocycles. The average Bonchev–Trinajstić information content (AvgIpc) is 2.76. The fourth-order valence-electron chi connectivity index (χ4n) is 2.29. The number of halogens is 2. The summed E-state index contributed by atoms with van der Waals surface area (Å²) in [5.74, 6) is -3.68. The normalized spacial score (nSPS) is 17.0. The highest BCUT2D eigenvalue weighted by Gasteiger charge is 2.26. The molecule has 0 aliphatic carbocycles. The van der Waals surface area contributed by atoms with Crippen molar-refractivity contribution in [3.05, 3.63) is 24.3 Å². The van der Waals surface area contributed by atoms with E-state index in [0.717, 1.165) is 44.7 Å². The van der Waals surface area contributed by atoms with Gasteiger partial charge in [0.25, 0.3) is 0 Å². The molecule has 1 aromatic carbocycles. The van der Waals surface area contributed by atoms with Crippen LogP contribution >= 0.6 is 0 Å². The summed E-state index contributed by atoms with van der Waals surface area (Å²) in [5, 5.41) is 5.87. The number of hydrogen-bond acceptors (Lipinski definition) is 5. The van der Waals surface area contributed by atoms with Crippen molar-refractivity contribution >= 4 is 21.4 Å². The molecule has 1 fully saturated rings. The predicted octanol–water partition coefficient (Wildman–Crippen LogP) is 0.917. The van der Waals surface area contributed by atoms with Gasteiger partial charge < -0.3 is 10.6 Å². The van der Waals surface area contributed by atoms with E-state index in [9.17, 15) is 22.0 Å². The SMILES string of the molecule is O=C(CN1CCCNCC1)Nc1ccc(S(=O)(=O)C(F)F)cc1. The van der Waals surface area contributed by atoms with Gasteiger partial charge in [0.2, 0.25) is 15.7 Å². The maximum atomic E-state index is 12.4. The smallest absolute Gasteiger partial charge is 0.325 e. The van der Waals surface area contributed by atoms with Gasteiger partial charge in [-0.15, -0.1) is 0 Å². The van der Waals surface area contributed by atoms with Crippen molar-refractivity contribution in [1.29, 1.82) is 0 Å². The van der Waals surface area contributed by atoms with Gasteiger partial charge in [0.15, 0.2) is 0 Å². The first-order chi connectivity index (χ1) is 10.9. The first-order valence-corrected chi connectivity index (χ1v) is 8.79. The zero-order valence-corrected chi connectivity index (χ0v) is 13.3. The average molecular weight is 347 g/mol. The topological polar surface area (TPSA) is 78.5 Å². The zero-order valence-electron chi connectivity index (χ0n) is 12.5. The van der Waals surface area contributed by atoms with Crippen molar-refractivity contribution < 1.29 is 22.0 Å². The molecule has 23 heavy (non-hydrogen) atoms. The van der Waals surface area contributed by atoms with E-state index in [-0.39, 0.29) is 12.5 Å². The van der Waals surface area contributed by atoms with E-state index < -0.39 is 20.5 Å². The van der Waals surface area contributed by atoms with Crippen LogP contribution in [0.1, 0.15) is 6.42 Å². The van der Waals surface area contributed by atoms with E-state index in [4.69, 9.17) is 0 Å². The van der Waals surface area contributed by atoms with Crippen LogP contribution in [0.25, 0.3) is 0 Å². The Kier molecular flexibility index (Phi) is 6.03. The van der Waals surface area contributed by atoms with E-state index in [1.54, 1.807) is 0 Å². The summed E-state index contributed by atoms with van der Waals surface area (Å²) >= 11 is 0. The lowest BCUT2D eigenvalue weighted by Crippen LogP contribution is -2.35. The third-order valence-electron chi connectivity index (χ3n) is 3.50. The largest absolute Gasteiger partial charge is 0.341 e. The third kappa shape index (κ3) is 4.95. The Balaban J connectivity index is 1.94. The van der Waals surface area contributed by atoms with Crippen LogP contribution in [-0.2, 0) is 14.6 Å². The van der Waals surface area contributed by atoms with Gasteiger partial charge in [0.1, 0.15) is 0 Å². The van der Waals surface area contributed by atoms with Gasteiger partial charge in [-0.2, -0.15) is 8.78 Å². The van der Waals surface area contributed by atoms with Crippen LogP contribution in [0.3, 0.4) is 0 Å². The number of rotatable bonds is 5. The number of carbonyl (C=O) groups excluding carboxylic acids is 1.